The molecule has 4 heterocycles. The second-order valence-electron chi connectivity index (χ2n) is 7.12. The lowest BCUT2D eigenvalue weighted by molar-refractivity contribution is -0.142. The van der Waals surface area contributed by atoms with Crippen molar-refractivity contribution in [3.63, 3.8) is 0 Å². The first-order valence-electron chi connectivity index (χ1n) is 9.83. The van der Waals surface area contributed by atoms with Crippen LogP contribution < -0.4 is 10.6 Å². The van der Waals surface area contributed by atoms with Gasteiger partial charge in [-0.15, -0.1) is 0 Å². The first-order chi connectivity index (χ1) is 16.5. The van der Waals surface area contributed by atoms with Crippen molar-refractivity contribution in [3.8, 4) is 11.5 Å². The Morgan fingerprint density at radius 2 is 1.80 bits per heavy atom. The Hall–Kier alpha value is -4.30. The van der Waals surface area contributed by atoms with Crippen molar-refractivity contribution < 1.29 is 31.1 Å². The van der Waals surface area contributed by atoms with Crippen molar-refractivity contribution in [3.05, 3.63) is 48.5 Å². The molecule has 4 rings (SSSR count). The summed E-state index contributed by atoms with van der Waals surface area (Å²) in [4.78, 5) is 34.5. The number of pyridine rings is 2. The highest BCUT2D eigenvalue weighted by atomic mass is 19.4. The molecule has 35 heavy (non-hydrogen) atoms. The fraction of sp³-hybridized carbons (Fsp3) is 0.200. The zero-order chi connectivity index (χ0) is 25.2. The Morgan fingerprint density at radius 1 is 1.00 bits per heavy atom. The SMILES string of the molecule is O=C(CCC(F)(F)F)Nc1cc(Nc2nc(-c3cccc(C(F)(F)F)n3)nc3[nH]cnc23)ccn1. The number of carbonyl (C=O) groups is 1. The van der Waals surface area contributed by atoms with Crippen LogP contribution in [0.1, 0.15) is 18.5 Å². The third-order valence-electron chi connectivity index (χ3n) is 4.47. The van der Waals surface area contributed by atoms with Crippen LogP contribution in [-0.2, 0) is 11.0 Å². The number of anilines is 3. The highest BCUT2D eigenvalue weighted by Crippen LogP contribution is 2.30. The minimum Gasteiger partial charge on any atom is -0.338 e. The average Bonchev–Trinajstić information content (AvgIpc) is 3.26. The molecule has 9 nitrogen and oxygen atoms in total. The maximum Gasteiger partial charge on any atom is 0.433 e. The molecule has 4 aromatic rings. The van der Waals surface area contributed by atoms with Crippen molar-refractivity contribution in [2.75, 3.05) is 10.6 Å². The molecule has 0 saturated carbocycles. The van der Waals surface area contributed by atoms with Gasteiger partial charge in [0.15, 0.2) is 22.8 Å². The molecule has 0 unspecified atom stereocenters. The number of fused-ring (bicyclic) bond motifs is 1. The number of halogens is 6. The van der Waals surface area contributed by atoms with Gasteiger partial charge in [-0.05, 0) is 18.2 Å². The molecule has 182 valence electrons. The van der Waals surface area contributed by atoms with Crippen LogP contribution >= 0.6 is 0 Å². The molecule has 0 radical (unpaired) electrons. The first kappa shape index (κ1) is 23.8. The zero-order valence-corrected chi connectivity index (χ0v) is 17.4. The maximum atomic E-state index is 13.1. The topological polar surface area (TPSA) is 121 Å². The molecule has 0 saturated heterocycles. The van der Waals surface area contributed by atoms with E-state index in [0.29, 0.717) is 5.69 Å². The lowest BCUT2D eigenvalue weighted by Gasteiger charge is -2.11. The van der Waals surface area contributed by atoms with E-state index in [1.54, 1.807) is 0 Å². The predicted octanol–water partition coefficient (Wildman–Crippen LogP) is 4.85. The Labute approximate surface area is 192 Å². The first-order valence-corrected chi connectivity index (χ1v) is 9.83. The van der Waals surface area contributed by atoms with Gasteiger partial charge in [0.1, 0.15) is 17.2 Å². The quantitative estimate of drug-likeness (QED) is 0.326. The largest absolute Gasteiger partial charge is 0.433 e. The minimum absolute atomic E-state index is 0.0192. The van der Waals surface area contributed by atoms with Crippen molar-refractivity contribution in [2.24, 2.45) is 0 Å². The van der Waals surface area contributed by atoms with E-state index in [1.165, 1.54) is 36.8 Å². The number of rotatable bonds is 6. The number of alkyl halides is 6. The van der Waals surface area contributed by atoms with Crippen LogP contribution in [0, 0.1) is 0 Å². The van der Waals surface area contributed by atoms with Gasteiger partial charge >= 0.3 is 12.4 Å². The normalized spacial score (nSPS) is 12.1. The highest BCUT2D eigenvalue weighted by Gasteiger charge is 2.33. The van der Waals surface area contributed by atoms with Crippen LogP contribution in [0.25, 0.3) is 22.7 Å². The molecule has 0 fully saturated rings. The summed E-state index contributed by atoms with van der Waals surface area (Å²) in [5.41, 5.74) is -0.457. The van der Waals surface area contributed by atoms with Gasteiger partial charge in [-0.1, -0.05) is 6.07 Å². The number of nitrogens with one attached hydrogen (secondary N) is 3. The van der Waals surface area contributed by atoms with Gasteiger partial charge in [0, 0.05) is 24.4 Å². The number of hydrogen-bond acceptors (Lipinski definition) is 7. The molecule has 0 bridgehead atoms. The van der Waals surface area contributed by atoms with Crippen LogP contribution in [-0.4, -0.2) is 42.0 Å². The number of nitrogens with zero attached hydrogens (tertiary/aromatic N) is 5. The molecular weight excluding hydrogens is 482 g/mol. The number of aromatic nitrogens is 6. The number of amides is 1. The lowest BCUT2D eigenvalue weighted by atomic mass is 10.2. The van der Waals surface area contributed by atoms with Gasteiger partial charge in [0.2, 0.25) is 5.91 Å². The Kier molecular flexibility index (Phi) is 6.24. The third-order valence-corrected chi connectivity index (χ3v) is 4.47. The summed E-state index contributed by atoms with van der Waals surface area (Å²) in [5.74, 6) is -0.910. The van der Waals surface area contributed by atoms with E-state index in [0.717, 1.165) is 6.07 Å². The highest BCUT2D eigenvalue weighted by molar-refractivity contribution is 5.91. The molecule has 0 aliphatic carbocycles. The smallest absolute Gasteiger partial charge is 0.338 e. The Bertz CT molecular complexity index is 1370. The number of carbonyl (C=O) groups excluding carboxylic acids is 1. The van der Waals surface area contributed by atoms with Crippen molar-refractivity contribution >= 4 is 34.4 Å². The fourth-order valence-corrected chi connectivity index (χ4v) is 2.93. The zero-order valence-electron chi connectivity index (χ0n) is 17.4. The van der Waals surface area contributed by atoms with Gasteiger partial charge in [0.25, 0.3) is 0 Å². The van der Waals surface area contributed by atoms with Crippen molar-refractivity contribution in [2.45, 2.75) is 25.2 Å². The number of H-pyrrole nitrogens is 1. The second-order valence-corrected chi connectivity index (χ2v) is 7.12. The molecule has 4 aromatic heterocycles. The predicted molar refractivity (Wildman–Crippen MR) is 111 cm³/mol. The van der Waals surface area contributed by atoms with E-state index in [2.05, 4.69) is 40.5 Å². The van der Waals surface area contributed by atoms with Gasteiger partial charge in [-0.3, -0.25) is 4.79 Å². The fourth-order valence-electron chi connectivity index (χ4n) is 2.93. The van der Waals surface area contributed by atoms with Gasteiger partial charge in [-0.2, -0.15) is 26.3 Å². The molecule has 1 amide bonds. The van der Waals surface area contributed by atoms with Gasteiger partial charge in [0.05, 0.1) is 12.7 Å². The van der Waals surface area contributed by atoms with E-state index < -0.39 is 36.8 Å². The third kappa shape index (κ3) is 5.99. The van der Waals surface area contributed by atoms with Gasteiger partial charge < -0.3 is 15.6 Å². The summed E-state index contributed by atoms with van der Waals surface area (Å²) in [6.07, 6.45) is -8.57. The molecule has 0 spiro atoms. The number of hydrogen-bond donors (Lipinski definition) is 3. The molecule has 15 heteroatoms. The molecule has 0 aliphatic rings. The van der Waals surface area contributed by atoms with Crippen molar-refractivity contribution in [1.29, 1.82) is 0 Å². The summed E-state index contributed by atoms with van der Waals surface area (Å²) in [7, 11) is 0. The summed E-state index contributed by atoms with van der Waals surface area (Å²) < 4.78 is 76.1. The van der Waals surface area contributed by atoms with Crippen LogP contribution in [0.3, 0.4) is 0 Å². The number of aromatic amines is 1. The van der Waals surface area contributed by atoms with Gasteiger partial charge in [-0.25, -0.2) is 24.9 Å². The maximum absolute atomic E-state index is 13.1. The van der Waals surface area contributed by atoms with E-state index in [4.69, 9.17) is 0 Å². The van der Waals surface area contributed by atoms with E-state index in [1.807, 2.05) is 0 Å². The van der Waals surface area contributed by atoms with Crippen LogP contribution in [0.15, 0.2) is 42.9 Å². The summed E-state index contributed by atoms with van der Waals surface area (Å²) in [5, 5.41) is 5.17. The molecule has 0 aromatic carbocycles. The van der Waals surface area contributed by atoms with Crippen LogP contribution in [0.2, 0.25) is 0 Å². The summed E-state index contributed by atoms with van der Waals surface area (Å²) in [6, 6.07) is 6.13. The van der Waals surface area contributed by atoms with Crippen molar-refractivity contribution in [1.82, 2.24) is 29.9 Å². The Balaban J connectivity index is 1.60. The summed E-state index contributed by atoms with van der Waals surface area (Å²) in [6.45, 7) is 0. The molecule has 3 N–H and O–H groups in total. The Morgan fingerprint density at radius 3 is 2.54 bits per heavy atom. The second kappa shape index (κ2) is 9.15. The number of imidazole rings is 1. The molecular formula is C20H14F6N8O. The summed E-state index contributed by atoms with van der Waals surface area (Å²) >= 11 is 0. The molecule has 0 atom stereocenters. The van der Waals surface area contributed by atoms with E-state index >= 15 is 0 Å². The monoisotopic (exact) mass is 496 g/mol. The van der Waals surface area contributed by atoms with E-state index in [-0.39, 0.29) is 34.3 Å². The lowest BCUT2D eigenvalue weighted by Crippen LogP contribution is -2.17. The molecule has 0 aliphatic heterocycles. The van der Waals surface area contributed by atoms with Crippen LogP contribution in [0.5, 0.6) is 0 Å². The van der Waals surface area contributed by atoms with Crippen LogP contribution in [0.4, 0.5) is 43.7 Å². The standard InChI is InChI=1S/C20H14F6N8O/c21-19(22,23)6-4-14(35)32-13-8-10(5-7-27-13)30-18-15-17(29-9-28-15)33-16(34-18)11-2-1-3-12(31-11)20(24,25)26/h1-3,5,7-9H,4,6H2,(H3,27,28,29,30,32,33,34,35). The average molecular weight is 496 g/mol. The minimum atomic E-state index is -4.66. The van der Waals surface area contributed by atoms with E-state index in [9.17, 15) is 31.1 Å².